The molecule has 7 N–H and O–H groups in total. The molecule has 1 aliphatic heterocycles. The van der Waals surface area contributed by atoms with Crippen LogP contribution in [0.2, 0.25) is 0 Å². The van der Waals surface area contributed by atoms with Crippen molar-refractivity contribution in [2.75, 3.05) is 26.4 Å². The molecule has 2 rings (SSSR count). The molecular formula is C25H35N5O9. The summed E-state index contributed by atoms with van der Waals surface area (Å²) < 4.78 is 9.92. The number of carbonyl (C=O) groups is 5. The van der Waals surface area contributed by atoms with Crippen molar-refractivity contribution in [1.82, 2.24) is 21.3 Å². The van der Waals surface area contributed by atoms with Crippen LogP contribution in [0.25, 0.3) is 0 Å². The summed E-state index contributed by atoms with van der Waals surface area (Å²) in [6.07, 6.45) is 2.31. The van der Waals surface area contributed by atoms with Gasteiger partial charge in [-0.15, -0.1) is 0 Å². The number of benzene rings is 1. The molecule has 39 heavy (non-hydrogen) atoms. The number of amides is 4. The normalized spacial score (nSPS) is 17.0. The second-order valence-corrected chi connectivity index (χ2v) is 8.57. The SMILES string of the molecule is CCOC(=O)/C=C/[C@H](C[C@@H]1CCNC1=O)NC(=O)[C@H](CON)NC(=O)[C@H](CO)NC(=O)OCc1ccccc1. The molecule has 0 unspecified atom stereocenters. The highest BCUT2D eigenvalue weighted by Crippen LogP contribution is 2.17. The van der Waals surface area contributed by atoms with Crippen molar-refractivity contribution in [2.45, 2.75) is 44.5 Å². The predicted octanol–water partition coefficient (Wildman–Crippen LogP) is -1.22. The van der Waals surface area contributed by atoms with E-state index in [9.17, 15) is 29.1 Å². The van der Waals surface area contributed by atoms with Crippen molar-refractivity contribution in [1.29, 1.82) is 0 Å². The van der Waals surface area contributed by atoms with Gasteiger partial charge in [0.15, 0.2) is 0 Å². The lowest BCUT2D eigenvalue weighted by Crippen LogP contribution is -2.57. The first kappa shape index (κ1) is 31.2. The van der Waals surface area contributed by atoms with Crippen LogP contribution in [0.3, 0.4) is 0 Å². The van der Waals surface area contributed by atoms with Crippen molar-refractivity contribution in [3.8, 4) is 0 Å². The third-order valence-corrected chi connectivity index (χ3v) is 5.68. The Morgan fingerprint density at radius 1 is 1.10 bits per heavy atom. The van der Waals surface area contributed by atoms with E-state index in [2.05, 4.69) is 26.1 Å². The van der Waals surface area contributed by atoms with E-state index >= 15 is 0 Å². The number of alkyl carbamates (subject to hydrolysis) is 1. The van der Waals surface area contributed by atoms with E-state index in [1.807, 2.05) is 0 Å². The Morgan fingerprint density at radius 2 is 1.82 bits per heavy atom. The summed E-state index contributed by atoms with van der Waals surface area (Å²) in [5.41, 5.74) is 0.719. The number of ether oxygens (including phenoxy) is 2. The Bertz CT molecular complexity index is 1000. The predicted molar refractivity (Wildman–Crippen MR) is 136 cm³/mol. The van der Waals surface area contributed by atoms with Crippen LogP contribution in [0, 0.1) is 5.92 Å². The van der Waals surface area contributed by atoms with Crippen LogP contribution in [-0.2, 0) is 40.1 Å². The zero-order chi connectivity index (χ0) is 28.6. The molecule has 0 aromatic heterocycles. The fraction of sp³-hybridized carbons (Fsp3) is 0.480. The number of nitrogens with two attached hydrogens (primary N) is 1. The summed E-state index contributed by atoms with van der Waals surface area (Å²) >= 11 is 0. The van der Waals surface area contributed by atoms with Gasteiger partial charge in [-0.1, -0.05) is 36.4 Å². The Hall–Kier alpha value is -4.01. The topological polar surface area (TPSA) is 207 Å². The maximum absolute atomic E-state index is 13.0. The molecule has 4 atom stereocenters. The molecule has 1 aromatic carbocycles. The lowest BCUT2D eigenvalue weighted by Gasteiger charge is -2.24. The molecule has 0 spiro atoms. The fourth-order valence-corrected chi connectivity index (χ4v) is 3.68. The van der Waals surface area contributed by atoms with Gasteiger partial charge in [0.25, 0.3) is 0 Å². The smallest absolute Gasteiger partial charge is 0.408 e. The van der Waals surface area contributed by atoms with E-state index in [-0.39, 0.29) is 25.5 Å². The van der Waals surface area contributed by atoms with E-state index in [1.54, 1.807) is 37.3 Å². The van der Waals surface area contributed by atoms with Crippen molar-refractivity contribution in [3.63, 3.8) is 0 Å². The van der Waals surface area contributed by atoms with Gasteiger partial charge in [0.2, 0.25) is 17.7 Å². The molecule has 14 heteroatoms. The fourth-order valence-electron chi connectivity index (χ4n) is 3.68. The number of esters is 1. The summed E-state index contributed by atoms with van der Waals surface area (Å²) in [6, 6.07) is 5.28. The maximum Gasteiger partial charge on any atom is 0.408 e. The molecule has 0 radical (unpaired) electrons. The third-order valence-electron chi connectivity index (χ3n) is 5.68. The summed E-state index contributed by atoms with van der Waals surface area (Å²) in [6.45, 7) is 1.00. The Balaban J connectivity index is 2.01. The molecule has 1 aromatic rings. The first-order chi connectivity index (χ1) is 18.8. The van der Waals surface area contributed by atoms with Gasteiger partial charge in [-0.3, -0.25) is 14.4 Å². The van der Waals surface area contributed by atoms with Gasteiger partial charge in [0.1, 0.15) is 18.7 Å². The minimum Gasteiger partial charge on any atom is -0.463 e. The second kappa shape index (κ2) is 16.8. The number of rotatable bonds is 15. The van der Waals surface area contributed by atoms with Gasteiger partial charge in [0.05, 0.1) is 19.8 Å². The van der Waals surface area contributed by atoms with Crippen LogP contribution in [0.4, 0.5) is 4.79 Å². The van der Waals surface area contributed by atoms with E-state index in [4.69, 9.17) is 15.4 Å². The number of hydrogen-bond donors (Lipinski definition) is 6. The van der Waals surface area contributed by atoms with Crippen LogP contribution in [-0.4, -0.2) is 79.4 Å². The van der Waals surface area contributed by atoms with Crippen molar-refractivity contribution in [3.05, 3.63) is 48.0 Å². The van der Waals surface area contributed by atoms with E-state index < -0.39 is 61.1 Å². The largest absolute Gasteiger partial charge is 0.463 e. The molecule has 0 bridgehead atoms. The second-order valence-electron chi connectivity index (χ2n) is 8.57. The number of carbonyl (C=O) groups excluding carboxylic acids is 5. The summed E-state index contributed by atoms with van der Waals surface area (Å²) in [7, 11) is 0. The van der Waals surface area contributed by atoms with E-state index in [1.165, 1.54) is 6.08 Å². The zero-order valence-electron chi connectivity index (χ0n) is 21.6. The molecule has 1 fully saturated rings. The quantitative estimate of drug-likeness (QED) is 0.0873. The highest BCUT2D eigenvalue weighted by molar-refractivity contribution is 5.92. The van der Waals surface area contributed by atoms with Gasteiger partial charge >= 0.3 is 12.1 Å². The highest BCUT2D eigenvalue weighted by Gasteiger charge is 2.31. The van der Waals surface area contributed by atoms with Gasteiger partial charge < -0.3 is 40.7 Å². The van der Waals surface area contributed by atoms with E-state index in [0.29, 0.717) is 13.0 Å². The maximum atomic E-state index is 13.0. The molecule has 0 aliphatic carbocycles. The zero-order valence-corrected chi connectivity index (χ0v) is 21.6. The Kier molecular flexibility index (Phi) is 13.4. The molecule has 1 aliphatic rings. The first-order valence-electron chi connectivity index (χ1n) is 12.4. The van der Waals surface area contributed by atoms with Crippen LogP contribution >= 0.6 is 0 Å². The van der Waals surface area contributed by atoms with Gasteiger partial charge in [-0.2, -0.15) is 0 Å². The van der Waals surface area contributed by atoms with Crippen LogP contribution < -0.4 is 27.2 Å². The molecule has 1 heterocycles. The number of aliphatic hydroxyl groups excluding tert-OH is 1. The molecule has 214 valence electrons. The summed E-state index contributed by atoms with van der Waals surface area (Å²) in [5.74, 6) is 2.30. The standard InChI is InChI=1S/C25H35N5O9/c1-2-37-21(32)9-8-18(12-17-10-11-27-22(17)33)28-24(35)20(15-39-26)29-23(34)19(13-31)30-25(36)38-14-16-6-4-3-5-7-16/h3-9,17-20,31H,2,10-15,26H2,1H3,(H,27,33)(H,28,35)(H,29,34)(H,30,36)/b9-8+/t17-,18+,19-,20-/m0/s1. The van der Waals surface area contributed by atoms with Crippen LogP contribution in [0.1, 0.15) is 25.3 Å². The van der Waals surface area contributed by atoms with Crippen LogP contribution in [0.15, 0.2) is 42.5 Å². The van der Waals surface area contributed by atoms with Gasteiger partial charge in [-0.25, -0.2) is 15.5 Å². The number of nitrogens with one attached hydrogen (secondary N) is 4. The van der Waals surface area contributed by atoms with E-state index in [0.717, 1.165) is 11.6 Å². The Labute approximate surface area is 225 Å². The summed E-state index contributed by atoms with van der Waals surface area (Å²) in [4.78, 5) is 66.2. The lowest BCUT2D eigenvalue weighted by atomic mass is 9.97. The minimum absolute atomic E-state index is 0.0573. The number of hydrogen-bond acceptors (Lipinski definition) is 10. The van der Waals surface area contributed by atoms with Crippen molar-refractivity contribution >= 4 is 29.8 Å². The minimum atomic E-state index is -1.44. The average molecular weight is 550 g/mol. The lowest BCUT2D eigenvalue weighted by molar-refractivity contribution is -0.137. The molecular weight excluding hydrogens is 514 g/mol. The first-order valence-corrected chi connectivity index (χ1v) is 12.4. The van der Waals surface area contributed by atoms with Crippen molar-refractivity contribution < 1.29 is 43.4 Å². The van der Waals surface area contributed by atoms with Crippen molar-refractivity contribution in [2.24, 2.45) is 11.8 Å². The van der Waals surface area contributed by atoms with Gasteiger partial charge in [-0.05, 0) is 25.3 Å². The third kappa shape index (κ3) is 11.1. The molecule has 1 saturated heterocycles. The number of aliphatic hydroxyl groups is 1. The monoisotopic (exact) mass is 549 g/mol. The Morgan fingerprint density at radius 3 is 2.44 bits per heavy atom. The van der Waals surface area contributed by atoms with Crippen LogP contribution in [0.5, 0.6) is 0 Å². The van der Waals surface area contributed by atoms with Gasteiger partial charge in [0, 0.05) is 24.6 Å². The molecule has 0 saturated carbocycles. The highest BCUT2D eigenvalue weighted by atomic mass is 16.6. The molecule has 4 amide bonds. The average Bonchev–Trinajstić information content (AvgIpc) is 3.33. The molecule has 14 nitrogen and oxygen atoms in total. The summed E-state index contributed by atoms with van der Waals surface area (Å²) in [5, 5.41) is 19.6.